The topological polar surface area (TPSA) is 186 Å². The van der Waals surface area contributed by atoms with E-state index in [9.17, 15) is 29.4 Å². The Morgan fingerprint density at radius 3 is 2.71 bits per heavy atom. The maximum atomic E-state index is 14.5. The number of ketones is 2. The van der Waals surface area contributed by atoms with Crippen LogP contribution in [0.25, 0.3) is 0 Å². The van der Waals surface area contributed by atoms with Gasteiger partial charge in [-0.25, -0.2) is 4.79 Å². The van der Waals surface area contributed by atoms with Crippen LogP contribution in [0, 0.1) is 18.8 Å². The van der Waals surface area contributed by atoms with E-state index in [1.54, 1.807) is 31.2 Å². The number of hydrogen-bond donors (Lipinski definition) is 3. The van der Waals surface area contributed by atoms with Crippen molar-refractivity contribution in [3.05, 3.63) is 98.5 Å². The van der Waals surface area contributed by atoms with E-state index < -0.39 is 70.2 Å². The molecule has 1 saturated heterocycles. The molecule has 1 aromatic carbocycles. The number of aryl methyl sites for hydroxylation is 1. The summed E-state index contributed by atoms with van der Waals surface area (Å²) in [5, 5.41) is 25.2. The van der Waals surface area contributed by atoms with Crippen LogP contribution in [0.15, 0.2) is 64.5 Å². The zero-order valence-electron chi connectivity index (χ0n) is 30.8. The Hall–Kier alpha value is -5.15. The molecule has 1 fully saturated rings. The van der Waals surface area contributed by atoms with Crippen molar-refractivity contribution in [1.29, 1.82) is 0 Å². The minimum Gasteiger partial charge on any atom is -0.507 e. The molecule has 288 valence electrons. The number of ether oxygens (including phenoxy) is 5. The number of nitrogens with zero attached hydrogens (tertiary/aromatic N) is 2. The predicted octanol–water partition coefficient (Wildman–Crippen LogP) is 3.53. The molecule has 7 atom stereocenters. The standard InChI is InChI=1S/C41H43N3O11/c1-4-5-6-7-8-12-28(45)54-26-11-9-10-23-33(42-22(3)19-44-13-15-51-16-14-44)31-35(47)32-30-27(52-20-53-37(30)38(31)55-36(23)26)18-25-34(46)24-17-21(2)43-40(49)29(24)39(48)41(25,32)50/h4-9,11-12,17,22-23,25-27,36,47,50H,10,13-16,18-20H2,1-3H3,(H,43,49)/b5-4+,7-6+,12-8+,42-33?/t22?,23-,25+,26+,27+,36-,41+/m0/s1. The lowest BCUT2D eigenvalue weighted by atomic mass is 9.60. The highest BCUT2D eigenvalue weighted by molar-refractivity contribution is 6.20. The monoisotopic (exact) mass is 753 g/mol. The first-order valence-electron chi connectivity index (χ1n) is 18.6. The number of rotatable bonds is 7. The summed E-state index contributed by atoms with van der Waals surface area (Å²) in [7, 11) is 0. The first kappa shape index (κ1) is 36.8. The van der Waals surface area contributed by atoms with Gasteiger partial charge in [0.05, 0.1) is 48.1 Å². The predicted molar refractivity (Wildman–Crippen MR) is 198 cm³/mol. The van der Waals surface area contributed by atoms with Crippen molar-refractivity contribution in [3.8, 4) is 17.2 Å². The number of nitrogens with one attached hydrogen (secondary N) is 1. The molecule has 1 aromatic heterocycles. The van der Waals surface area contributed by atoms with Gasteiger partial charge in [0.25, 0.3) is 5.56 Å². The molecular formula is C41H43N3O11. The molecule has 14 heteroatoms. The molecular weight excluding hydrogens is 710 g/mol. The molecule has 2 aromatic rings. The number of phenolic OH excluding ortho intramolecular Hbond substituents is 1. The quantitative estimate of drug-likeness (QED) is 0.162. The number of morpholine rings is 1. The number of carbonyl (C=O) groups excluding carboxylic acids is 3. The lowest BCUT2D eigenvalue weighted by Gasteiger charge is -2.48. The van der Waals surface area contributed by atoms with Crippen LogP contribution in [0.2, 0.25) is 0 Å². The smallest absolute Gasteiger partial charge is 0.331 e. The van der Waals surface area contributed by atoms with Crippen molar-refractivity contribution in [3.63, 3.8) is 0 Å². The van der Waals surface area contributed by atoms with Gasteiger partial charge < -0.3 is 38.9 Å². The van der Waals surface area contributed by atoms with Crippen LogP contribution in [0.1, 0.15) is 75.9 Å². The van der Waals surface area contributed by atoms with Crippen LogP contribution in [-0.4, -0.2) is 101 Å². The highest BCUT2D eigenvalue weighted by atomic mass is 16.7. The van der Waals surface area contributed by atoms with E-state index in [0.29, 0.717) is 37.6 Å². The number of esters is 1. The summed E-state index contributed by atoms with van der Waals surface area (Å²) in [5.41, 5.74) is -3.27. The summed E-state index contributed by atoms with van der Waals surface area (Å²) >= 11 is 0. The number of benzene rings is 1. The molecule has 1 unspecified atom stereocenters. The van der Waals surface area contributed by atoms with E-state index in [4.69, 9.17) is 28.7 Å². The average Bonchev–Trinajstić information content (AvgIpc) is 3.16. The number of carbonyl (C=O) groups is 3. The molecule has 8 rings (SSSR count). The molecule has 14 nitrogen and oxygen atoms in total. The van der Waals surface area contributed by atoms with Crippen LogP contribution in [0.4, 0.5) is 0 Å². The number of allylic oxidation sites excluding steroid dienone is 6. The van der Waals surface area contributed by atoms with Crippen LogP contribution in [0.5, 0.6) is 17.2 Å². The fraction of sp³-hybridized carbons (Fsp3) is 0.439. The minimum atomic E-state index is -2.64. The average molecular weight is 754 g/mol. The van der Waals surface area contributed by atoms with E-state index in [1.807, 2.05) is 32.1 Å². The first-order valence-corrected chi connectivity index (χ1v) is 18.6. The van der Waals surface area contributed by atoms with Gasteiger partial charge in [-0.2, -0.15) is 0 Å². The maximum absolute atomic E-state index is 14.5. The van der Waals surface area contributed by atoms with Gasteiger partial charge in [0.2, 0.25) is 5.78 Å². The Kier molecular flexibility index (Phi) is 9.70. The number of aromatic nitrogens is 1. The van der Waals surface area contributed by atoms with E-state index in [-0.39, 0.29) is 53.0 Å². The van der Waals surface area contributed by atoms with Crippen molar-refractivity contribution in [1.82, 2.24) is 9.88 Å². The van der Waals surface area contributed by atoms with E-state index >= 15 is 0 Å². The summed E-state index contributed by atoms with van der Waals surface area (Å²) in [6, 6.07) is 1.12. The van der Waals surface area contributed by atoms with E-state index in [0.717, 1.165) is 13.1 Å². The van der Waals surface area contributed by atoms with Gasteiger partial charge in [0.1, 0.15) is 11.9 Å². The van der Waals surface area contributed by atoms with Crippen LogP contribution in [-0.2, 0) is 24.6 Å². The van der Waals surface area contributed by atoms with Gasteiger partial charge in [-0.3, -0.25) is 24.3 Å². The molecule has 3 aliphatic heterocycles. The van der Waals surface area contributed by atoms with E-state index in [2.05, 4.69) is 9.88 Å². The number of pyridine rings is 1. The summed E-state index contributed by atoms with van der Waals surface area (Å²) in [4.78, 5) is 64.9. The largest absolute Gasteiger partial charge is 0.507 e. The maximum Gasteiger partial charge on any atom is 0.331 e. The number of aromatic amines is 1. The number of aliphatic imine (C=N–C) groups is 1. The molecule has 55 heavy (non-hydrogen) atoms. The number of phenols is 1. The second kappa shape index (κ2) is 14.5. The van der Waals surface area contributed by atoms with Crippen molar-refractivity contribution in [2.45, 2.75) is 63.6 Å². The lowest BCUT2D eigenvalue weighted by molar-refractivity contribution is -0.146. The lowest BCUT2D eigenvalue weighted by Crippen LogP contribution is -2.56. The summed E-state index contributed by atoms with van der Waals surface area (Å²) < 4.78 is 30.3. The van der Waals surface area contributed by atoms with Gasteiger partial charge >= 0.3 is 5.97 Å². The van der Waals surface area contributed by atoms with Crippen molar-refractivity contribution < 1.29 is 48.3 Å². The number of aromatic hydroxyl groups is 1. The van der Waals surface area contributed by atoms with Crippen LogP contribution >= 0.6 is 0 Å². The fourth-order valence-corrected chi connectivity index (χ4v) is 8.77. The zero-order valence-corrected chi connectivity index (χ0v) is 30.8. The normalized spacial score (nSPS) is 29.7. The van der Waals surface area contributed by atoms with Gasteiger partial charge in [0, 0.05) is 54.0 Å². The molecule has 3 N–H and O–H groups in total. The van der Waals surface area contributed by atoms with Crippen molar-refractivity contribution >= 4 is 23.2 Å². The third kappa shape index (κ3) is 6.17. The summed E-state index contributed by atoms with van der Waals surface area (Å²) in [5.74, 6) is -4.47. The Labute approximate surface area is 316 Å². The van der Waals surface area contributed by atoms with Gasteiger partial charge in [-0.1, -0.05) is 36.5 Å². The summed E-state index contributed by atoms with van der Waals surface area (Å²) in [6.45, 7) is 8.39. The Bertz CT molecular complexity index is 2160. The SMILES string of the molecule is C/C=C/C=C/C=C/C(=O)O[C@@H]1C=CC[C@H]2C(=NC(C)CN3CCOCC3)c3c(O)c4c5c(c3O[C@H]12)OCO[C@@H]5C[C@@H]1C(=O)c2cc(C)[nH]c(=O)c2C(=O)[C@]41O. The Morgan fingerprint density at radius 2 is 1.93 bits per heavy atom. The number of fused-ring (bicyclic) bond motifs is 6. The van der Waals surface area contributed by atoms with E-state index in [1.165, 1.54) is 12.1 Å². The highest BCUT2D eigenvalue weighted by Gasteiger charge is 2.63. The van der Waals surface area contributed by atoms with Crippen LogP contribution < -0.4 is 15.0 Å². The minimum absolute atomic E-state index is 0.0854. The van der Waals surface area contributed by atoms with Gasteiger partial charge in [-0.15, -0.1) is 0 Å². The van der Waals surface area contributed by atoms with Gasteiger partial charge in [-0.05, 0) is 45.8 Å². The second-order valence-electron chi connectivity index (χ2n) is 14.7. The number of aliphatic hydroxyl groups is 1. The zero-order chi connectivity index (χ0) is 38.6. The molecule has 0 bridgehead atoms. The molecule has 3 aliphatic carbocycles. The molecule has 6 aliphatic rings. The molecule has 0 amide bonds. The van der Waals surface area contributed by atoms with Crippen molar-refractivity contribution in [2.24, 2.45) is 16.8 Å². The number of H-pyrrole nitrogens is 1. The third-order valence-corrected chi connectivity index (χ3v) is 11.2. The molecule has 0 saturated carbocycles. The first-order chi connectivity index (χ1) is 26.5. The number of hydrogen-bond acceptors (Lipinski definition) is 13. The molecule has 0 spiro atoms. The van der Waals surface area contributed by atoms with Gasteiger partial charge in [0.15, 0.2) is 35.8 Å². The molecule has 0 radical (unpaired) electrons. The third-order valence-electron chi connectivity index (χ3n) is 11.2. The molecule has 4 heterocycles. The Balaban J connectivity index is 1.28. The second-order valence-corrected chi connectivity index (χ2v) is 14.7. The highest BCUT2D eigenvalue weighted by Crippen LogP contribution is 2.62. The Morgan fingerprint density at radius 1 is 1.15 bits per heavy atom. The van der Waals surface area contributed by atoms with Crippen molar-refractivity contribution in [2.75, 3.05) is 39.6 Å². The fourth-order valence-electron chi connectivity index (χ4n) is 8.77. The number of Topliss-reactive ketones (excluding diaryl/α,β-unsaturated/α-hetero) is 2. The van der Waals surface area contributed by atoms with Crippen LogP contribution in [0.3, 0.4) is 0 Å². The summed E-state index contributed by atoms with van der Waals surface area (Å²) in [6.07, 6.45) is 11.4.